The van der Waals surface area contributed by atoms with Gasteiger partial charge in [0.25, 0.3) is 0 Å². The molecule has 1 rings (SSSR count). The zero-order chi connectivity index (χ0) is 11.2. The van der Waals surface area contributed by atoms with Crippen molar-refractivity contribution in [1.29, 1.82) is 0 Å². The first kappa shape index (κ1) is 14.6. The van der Waals surface area contributed by atoms with Crippen molar-refractivity contribution in [3.63, 3.8) is 0 Å². The molecule has 0 amide bonds. The van der Waals surface area contributed by atoms with Crippen LogP contribution in [0, 0.1) is 6.92 Å². The fourth-order valence-corrected chi connectivity index (χ4v) is 0.821. The monoisotopic (exact) mass is 382 g/mol. The Morgan fingerprint density at radius 1 is 1.21 bits per heavy atom. The van der Waals surface area contributed by atoms with Crippen molar-refractivity contribution < 1.29 is 26.4 Å². The van der Waals surface area contributed by atoms with E-state index in [0.29, 0.717) is 5.56 Å². The van der Waals surface area contributed by atoms with Crippen molar-refractivity contribution in [1.82, 2.24) is 0 Å². The summed E-state index contributed by atoms with van der Waals surface area (Å²) in [4.78, 5) is 0. The van der Waals surface area contributed by atoms with E-state index in [1.165, 1.54) is 6.07 Å². The Bertz CT molecular complexity index is 276. The van der Waals surface area contributed by atoms with Crippen molar-refractivity contribution in [2.24, 2.45) is 0 Å². The summed E-state index contributed by atoms with van der Waals surface area (Å²) in [6, 6.07) is 5.22. The second-order valence-electron chi connectivity index (χ2n) is 2.47. The molecular formula is C8H7Br2F3Zn. The fraction of sp³-hybridized carbons (Fsp3) is 0.250. The standard InChI is InChI=1S/C8H7F3.2BrH.Zn/c1-6-3-2-4-7(5-6)8(9,10)11;;;/h2-5H,1H3;2*1H;/q;;;+2/p-2. The van der Waals surface area contributed by atoms with Gasteiger partial charge >= 0.3 is 46.6 Å². The van der Waals surface area contributed by atoms with E-state index >= 15 is 0 Å². The molecule has 0 spiro atoms. The molecule has 0 aromatic heterocycles. The quantitative estimate of drug-likeness (QED) is 0.568. The molecular weight excluding hydrogens is 378 g/mol. The van der Waals surface area contributed by atoms with E-state index in [1.807, 2.05) is 0 Å². The van der Waals surface area contributed by atoms with E-state index in [-0.39, 0.29) is 13.2 Å². The normalized spacial score (nSPS) is 9.86. The minimum atomic E-state index is -4.22. The zero-order valence-corrected chi connectivity index (χ0v) is 13.5. The van der Waals surface area contributed by atoms with Crippen molar-refractivity contribution in [2.45, 2.75) is 13.1 Å². The summed E-state index contributed by atoms with van der Waals surface area (Å²) >= 11 is 6.25. The Morgan fingerprint density at radius 2 is 1.71 bits per heavy atom. The number of alkyl halides is 3. The first-order valence-electron chi connectivity index (χ1n) is 3.67. The molecule has 0 unspecified atom stereocenters. The first-order valence-corrected chi connectivity index (χ1v) is 17.6. The van der Waals surface area contributed by atoms with Gasteiger partial charge in [-0.1, -0.05) is 23.8 Å². The van der Waals surface area contributed by atoms with Crippen LogP contribution in [-0.2, 0) is 19.4 Å². The fourth-order valence-electron chi connectivity index (χ4n) is 0.821. The molecule has 0 aliphatic carbocycles. The van der Waals surface area contributed by atoms with Crippen LogP contribution in [0.1, 0.15) is 11.1 Å². The third kappa shape index (κ3) is 6.15. The number of hydrogen-bond acceptors (Lipinski definition) is 0. The Morgan fingerprint density at radius 3 is 2.00 bits per heavy atom. The summed E-state index contributed by atoms with van der Waals surface area (Å²) in [6.45, 7) is 1.63. The summed E-state index contributed by atoms with van der Waals surface area (Å²) < 4.78 is 35.9. The van der Waals surface area contributed by atoms with Crippen LogP contribution in [-0.4, -0.2) is 0 Å². The molecule has 1 aromatic rings. The molecule has 0 bridgehead atoms. The zero-order valence-electron chi connectivity index (χ0n) is 7.41. The second kappa shape index (κ2) is 6.96. The molecule has 0 nitrogen and oxygen atoms in total. The van der Waals surface area contributed by atoms with Crippen LogP contribution in [0.3, 0.4) is 0 Å². The molecule has 0 fully saturated rings. The van der Waals surface area contributed by atoms with E-state index in [9.17, 15) is 13.2 Å². The van der Waals surface area contributed by atoms with Gasteiger partial charge in [0.05, 0.1) is 5.56 Å². The van der Waals surface area contributed by atoms with Gasteiger partial charge in [-0.25, -0.2) is 0 Å². The molecule has 0 aliphatic rings. The van der Waals surface area contributed by atoms with Crippen LogP contribution >= 0.6 is 27.2 Å². The number of halogens is 5. The molecule has 1 aromatic carbocycles. The predicted octanol–water partition coefficient (Wildman–Crippen LogP) is 4.70. The van der Waals surface area contributed by atoms with Crippen molar-refractivity contribution in [2.75, 3.05) is 0 Å². The number of rotatable bonds is 0. The Balaban J connectivity index is 0.000000500. The van der Waals surface area contributed by atoms with Gasteiger partial charge in [-0.05, 0) is 13.0 Å². The molecule has 0 atom stereocenters. The second-order valence-corrected chi connectivity index (χ2v) is 16.5. The molecule has 0 saturated heterocycles. The maximum atomic E-state index is 12.0. The van der Waals surface area contributed by atoms with Gasteiger partial charge in [-0.2, -0.15) is 13.2 Å². The van der Waals surface area contributed by atoms with Crippen LogP contribution in [0.2, 0.25) is 0 Å². The van der Waals surface area contributed by atoms with E-state index < -0.39 is 11.7 Å². The molecule has 76 valence electrons. The molecule has 6 heteroatoms. The average Bonchev–Trinajstić information content (AvgIpc) is 2.04. The van der Waals surface area contributed by atoms with E-state index in [2.05, 4.69) is 27.2 Å². The van der Waals surface area contributed by atoms with Crippen molar-refractivity contribution in [3.8, 4) is 0 Å². The number of aryl methyl sites for hydroxylation is 1. The summed E-state index contributed by atoms with van der Waals surface area (Å²) in [7, 11) is 0. The van der Waals surface area contributed by atoms with E-state index in [4.69, 9.17) is 0 Å². The molecule has 0 N–H and O–H groups in total. The third-order valence-electron chi connectivity index (χ3n) is 1.35. The Kier molecular flexibility index (Phi) is 7.26. The Labute approximate surface area is 102 Å². The SMILES string of the molecule is Cc1cccc(C(F)(F)F)c1.[Br][Zn][Br]. The Hall–Kier alpha value is 0.593. The first-order chi connectivity index (χ1) is 6.41. The van der Waals surface area contributed by atoms with Crippen LogP contribution in [0.25, 0.3) is 0 Å². The summed E-state index contributed by atoms with van der Waals surface area (Å²) in [5, 5.41) is 0. The molecule has 14 heavy (non-hydrogen) atoms. The van der Waals surface area contributed by atoms with Crippen LogP contribution < -0.4 is 0 Å². The summed E-state index contributed by atoms with van der Waals surface area (Å²) in [5.41, 5.74) is 0.0392. The van der Waals surface area contributed by atoms with E-state index in [1.54, 1.807) is 13.0 Å². The number of hydrogen-bond donors (Lipinski definition) is 0. The van der Waals surface area contributed by atoms with Gasteiger partial charge < -0.3 is 0 Å². The summed E-state index contributed by atoms with van der Waals surface area (Å²) in [5.74, 6) is 0. The van der Waals surface area contributed by atoms with Crippen LogP contribution in [0.5, 0.6) is 0 Å². The minimum absolute atomic E-state index is 0.250. The van der Waals surface area contributed by atoms with E-state index in [0.717, 1.165) is 12.1 Å². The molecule has 0 radical (unpaired) electrons. The van der Waals surface area contributed by atoms with Crippen LogP contribution in [0.4, 0.5) is 13.2 Å². The average molecular weight is 385 g/mol. The van der Waals surface area contributed by atoms with Crippen molar-refractivity contribution >= 4 is 27.2 Å². The van der Waals surface area contributed by atoms with Gasteiger partial charge in [0.2, 0.25) is 0 Å². The van der Waals surface area contributed by atoms with Crippen molar-refractivity contribution in [3.05, 3.63) is 35.4 Å². The molecule has 0 heterocycles. The molecule has 0 aliphatic heterocycles. The topological polar surface area (TPSA) is 0 Å². The van der Waals surface area contributed by atoms with Gasteiger partial charge in [0.1, 0.15) is 0 Å². The van der Waals surface area contributed by atoms with Gasteiger partial charge in [0.15, 0.2) is 0 Å². The van der Waals surface area contributed by atoms with Crippen LogP contribution in [0.15, 0.2) is 24.3 Å². The molecule has 0 saturated carbocycles. The number of benzene rings is 1. The predicted molar refractivity (Wildman–Crippen MR) is 54.0 cm³/mol. The third-order valence-corrected chi connectivity index (χ3v) is 1.35. The van der Waals surface area contributed by atoms with Gasteiger partial charge in [0, 0.05) is 0 Å². The van der Waals surface area contributed by atoms with Gasteiger partial charge in [-0.3, -0.25) is 0 Å². The van der Waals surface area contributed by atoms with Gasteiger partial charge in [-0.15, -0.1) is 0 Å². The summed E-state index contributed by atoms with van der Waals surface area (Å²) in [6.07, 6.45) is -4.22. The maximum absolute atomic E-state index is 12.0.